The summed E-state index contributed by atoms with van der Waals surface area (Å²) in [7, 11) is 0. The van der Waals surface area contributed by atoms with Crippen molar-refractivity contribution in [1.82, 2.24) is 10.6 Å². The molecule has 3 amide bonds. The van der Waals surface area contributed by atoms with Gasteiger partial charge in [-0.15, -0.1) is 0 Å². The van der Waals surface area contributed by atoms with Gasteiger partial charge in [-0.25, -0.2) is 9.59 Å². The number of carbonyl (C=O) groups is 5. The Balaban J connectivity index is 2.58. The van der Waals surface area contributed by atoms with E-state index in [9.17, 15) is 29.1 Å². The number of hydrogen-bond donors (Lipinski definition) is 4. The van der Waals surface area contributed by atoms with Crippen LogP contribution in [0.4, 0.5) is 10.5 Å². The SMILES string of the molecule is CC(C)(C)OC(=O)N(c1ccccc1)[C@@](Cc1ccccc1)(C(=O)O)C(=O)CNC(=O)CNC(=O)CN. The van der Waals surface area contributed by atoms with Crippen LogP contribution < -0.4 is 21.3 Å². The van der Waals surface area contributed by atoms with Crippen LogP contribution in [-0.2, 0) is 30.3 Å². The first-order valence-electron chi connectivity index (χ1n) is 11.5. The standard InChI is InChI=1S/C26H32N4O7/c1-25(2,3)37-24(36)30(19-12-8-5-9-13-19)26(23(34)35,14-18-10-6-4-7-11-18)20(31)16-28-22(33)17-29-21(32)15-27/h4-13H,14-17,27H2,1-3H3,(H,28,33)(H,29,32)(H,34,35)/t26-/m1/s1. The number of carboxylic acids is 1. The van der Waals surface area contributed by atoms with Crippen molar-refractivity contribution in [2.24, 2.45) is 5.73 Å². The minimum atomic E-state index is -2.49. The van der Waals surface area contributed by atoms with Gasteiger partial charge in [0.05, 0.1) is 19.6 Å². The number of benzene rings is 2. The van der Waals surface area contributed by atoms with Crippen molar-refractivity contribution < 1.29 is 33.8 Å². The summed E-state index contributed by atoms with van der Waals surface area (Å²) in [6.07, 6.45) is -1.46. The average Bonchev–Trinajstić information content (AvgIpc) is 2.85. The fraction of sp³-hybridized carbons (Fsp3) is 0.346. The third-order valence-electron chi connectivity index (χ3n) is 5.17. The van der Waals surface area contributed by atoms with Gasteiger partial charge >= 0.3 is 12.1 Å². The number of nitrogens with one attached hydrogen (secondary N) is 2. The van der Waals surface area contributed by atoms with Crippen LogP contribution in [0.1, 0.15) is 26.3 Å². The maximum atomic E-state index is 13.7. The zero-order chi connectivity index (χ0) is 27.6. The summed E-state index contributed by atoms with van der Waals surface area (Å²) < 4.78 is 5.53. The second-order valence-corrected chi connectivity index (χ2v) is 9.16. The van der Waals surface area contributed by atoms with E-state index in [2.05, 4.69) is 10.6 Å². The van der Waals surface area contributed by atoms with Crippen LogP contribution in [0.5, 0.6) is 0 Å². The van der Waals surface area contributed by atoms with Crippen LogP contribution in [0.15, 0.2) is 60.7 Å². The monoisotopic (exact) mass is 512 g/mol. The van der Waals surface area contributed by atoms with Gasteiger partial charge in [-0.2, -0.15) is 0 Å². The van der Waals surface area contributed by atoms with Gasteiger partial charge in [0.2, 0.25) is 17.4 Å². The molecule has 5 N–H and O–H groups in total. The molecule has 0 heterocycles. The lowest BCUT2D eigenvalue weighted by molar-refractivity contribution is -0.148. The molecule has 2 rings (SSSR count). The van der Waals surface area contributed by atoms with E-state index in [4.69, 9.17) is 10.5 Å². The predicted octanol–water partition coefficient (Wildman–Crippen LogP) is 1.25. The zero-order valence-corrected chi connectivity index (χ0v) is 21.0. The normalized spacial score (nSPS) is 12.5. The highest BCUT2D eigenvalue weighted by atomic mass is 16.6. The molecule has 0 radical (unpaired) electrons. The van der Waals surface area contributed by atoms with E-state index in [1.807, 2.05) is 0 Å². The van der Waals surface area contributed by atoms with Crippen LogP contribution in [0.3, 0.4) is 0 Å². The Morgan fingerprint density at radius 2 is 1.41 bits per heavy atom. The van der Waals surface area contributed by atoms with Gasteiger partial charge in [0.25, 0.3) is 0 Å². The molecule has 0 aliphatic rings. The van der Waals surface area contributed by atoms with E-state index in [-0.39, 0.29) is 12.2 Å². The molecule has 0 fully saturated rings. The van der Waals surface area contributed by atoms with Crippen LogP contribution >= 0.6 is 0 Å². The molecule has 2 aromatic carbocycles. The maximum absolute atomic E-state index is 13.7. The lowest BCUT2D eigenvalue weighted by Gasteiger charge is -2.40. The van der Waals surface area contributed by atoms with E-state index in [0.29, 0.717) is 5.56 Å². The summed E-state index contributed by atoms with van der Waals surface area (Å²) >= 11 is 0. The Labute approximate surface area is 215 Å². The molecular weight excluding hydrogens is 480 g/mol. The summed E-state index contributed by atoms with van der Waals surface area (Å²) in [6, 6.07) is 16.2. The number of carbonyl (C=O) groups excluding carboxylic acids is 4. The van der Waals surface area contributed by atoms with Crippen molar-refractivity contribution in [2.75, 3.05) is 24.5 Å². The molecule has 0 bridgehead atoms. The number of carboxylic acid groups (broad SMARTS) is 1. The Kier molecular flexibility index (Phi) is 9.90. The van der Waals surface area contributed by atoms with E-state index >= 15 is 0 Å². The fourth-order valence-corrected chi connectivity index (χ4v) is 3.49. The molecule has 0 spiro atoms. The number of Topliss-reactive ketones (excluding diaryl/α,β-unsaturated/α-hetero) is 1. The minimum Gasteiger partial charge on any atom is -0.479 e. The number of rotatable bonds is 11. The molecule has 1 atom stereocenters. The largest absolute Gasteiger partial charge is 0.479 e. The Bertz CT molecular complexity index is 1120. The molecule has 11 nitrogen and oxygen atoms in total. The van der Waals surface area contributed by atoms with Crippen molar-refractivity contribution in [3.63, 3.8) is 0 Å². The number of aliphatic carboxylic acids is 1. The van der Waals surface area contributed by atoms with E-state index in [0.717, 1.165) is 4.90 Å². The topological polar surface area (TPSA) is 168 Å². The van der Waals surface area contributed by atoms with Crippen molar-refractivity contribution in [3.8, 4) is 0 Å². The Morgan fingerprint density at radius 3 is 1.92 bits per heavy atom. The summed E-state index contributed by atoms with van der Waals surface area (Å²) in [4.78, 5) is 64.6. The van der Waals surface area contributed by atoms with Gasteiger partial charge in [-0.3, -0.25) is 19.3 Å². The molecule has 0 saturated carbocycles. The summed E-state index contributed by atoms with van der Waals surface area (Å²) in [6.45, 7) is 3.33. The first-order chi connectivity index (χ1) is 17.4. The van der Waals surface area contributed by atoms with Gasteiger partial charge in [0.15, 0.2) is 5.78 Å². The smallest absolute Gasteiger partial charge is 0.416 e. The number of nitrogens with two attached hydrogens (primary N) is 1. The molecule has 0 saturated heterocycles. The first kappa shape index (κ1) is 29.0. The average molecular weight is 513 g/mol. The fourth-order valence-electron chi connectivity index (χ4n) is 3.49. The number of anilines is 1. The quantitative estimate of drug-likeness (QED) is 0.326. The van der Waals surface area contributed by atoms with Gasteiger partial charge in [-0.1, -0.05) is 48.5 Å². The van der Waals surface area contributed by atoms with Crippen molar-refractivity contribution in [2.45, 2.75) is 38.3 Å². The van der Waals surface area contributed by atoms with Crippen LogP contribution in [0.2, 0.25) is 0 Å². The molecule has 0 aliphatic heterocycles. The third-order valence-corrected chi connectivity index (χ3v) is 5.17. The second kappa shape index (κ2) is 12.6. The summed E-state index contributed by atoms with van der Waals surface area (Å²) in [5.74, 6) is -3.90. The lowest BCUT2D eigenvalue weighted by Crippen LogP contribution is -2.66. The van der Waals surface area contributed by atoms with Gasteiger partial charge in [0.1, 0.15) is 5.60 Å². The molecule has 37 heavy (non-hydrogen) atoms. The number of amides is 3. The van der Waals surface area contributed by atoms with Crippen LogP contribution in [0, 0.1) is 0 Å². The number of ether oxygens (including phenoxy) is 1. The number of para-hydroxylation sites is 1. The van der Waals surface area contributed by atoms with Gasteiger partial charge in [-0.05, 0) is 38.5 Å². The Hall–Kier alpha value is -4.25. The van der Waals surface area contributed by atoms with Crippen LogP contribution in [0.25, 0.3) is 0 Å². The summed E-state index contributed by atoms with van der Waals surface area (Å²) in [5.41, 5.74) is 2.28. The molecule has 0 aromatic heterocycles. The second-order valence-electron chi connectivity index (χ2n) is 9.16. The highest BCUT2D eigenvalue weighted by Crippen LogP contribution is 2.31. The first-order valence-corrected chi connectivity index (χ1v) is 11.5. The Morgan fingerprint density at radius 1 is 0.865 bits per heavy atom. The van der Waals surface area contributed by atoms with E-state index in [1.54, 1.807) is 69.3 Å². The molecule has 2 aromatic rings. The highest BCUT2D eigenvalue weighted by molar-refractivity contribution is 6.17. The molecule has 0 unspecified atom stereocenters. The van der Waals surface area contributed by atoms with Crippen LogP contribution in [-0.4, -0.2) is 65.5 Å². The van der Waals surface area contributed by atoms with E-state index < -0.39 is 60.3 Å². The van der Waals surface area contributed by atoms with Crippen molar-refractivity contribution >= 4 is 35.3 Å². The summed E-state index contributed by atoms with van der Waals surface area (Å²) in [5, 5.41) is 15.1. The predicted molar refractivity (Wildman–Crippen MR) is 136 cm³/mol. The lowest BCUT2D eigenvalue weighted by atomic mass is 9.84. The van der Waals surface area contributed by atoms with Gasteiger partial charge in [0, 0.05) is 12.1 Å². The number of ketones is 1. The van der Waals surface area contributed by atoms with Crippen molar-refractivity contribution in [1.29, 1.82) is 0 Å². The zero-order valence-electron chi connectivity index (χ0n) is 21.0. The molecule has 11 heteroatoms. The van der Waals surface area contributed by atoms with Gasteiger partial charge < -0.3 is 26.2 Å². The number of hydrogen-bond acceptors (Lipinski definition) is 7. The third kappa shape index (κ3) is 7.87. The highest BCUT2D eigenvalue weighted by Gasteiger charge is 2.54. The minimum absolute atomic E-state index is 0.116. The van der Waals surface area contributed by atoms with E-state index in [1.165, 1.54) is 12.1 Å². The van der Waals surface area contributed by atoms with Crippen molar-refractivity contribution in [3.05, 3.63) is 66.2 Å². The molecule has 0 aliphatic carbocycles. The molecular formula is C26H32N4O7. The molecule has 198 valence electrons. The number of nitrogens with zero attached hydrogens (tertiary/aromatic N) is 1. The maximum Gasteiger partial charge on any atom is 0.416 e.